The van der Waals surface area contributed by atoms with E-state index in [-0.39, 0.29) is 17.9 Å². The summed E-state index contributed by atoms with van der Waals surface area (Å²) in [5.74, 6) is 2.29. The highest BCUT2D eigenvalue weighted by Crippen LogP contribution is 2.32. The molecule has 5 heteroatoms. The molecule has 1 amide bonds. The van der Waals surface area contributed by atoms with Gasteiger partial charge in [0, 0.05) is 12.5 Å². The molecule has 5 nitrogen and oxygen atoms in total. The second kappa shape index (κ2) is 9.13. The summed E-state index contributed by atoms with van der Waals surface area (Å²) in [6.45, 7) is 3.99. The number of hydrogen-bond acceptors (Lipinski definition) is 4. The highest BCUT2D eigenvalue weighted by molar-refractivity contribution is 5.77. The van der Waals surface area contributed by atoms with E-state index in [2.05, 4.69) is 5.32 Å². The van der Waals surface area contributed by atoms with Gasteiger partial charge in [0.15, 0.2) is 0 Å². The average molecular weight is 357 g/mol. The molecule has 0 fully saturated rings. The molecule has 0 saturated heterocycles. The van der Waals surface area contributed by atoms with Crippen LogP contribution in [0.2, 0.25) is 0 Å². The number of carbonyl (C=O) groups excluding carboxylic acids is 1. The standard InChI is InChI=1S/C21H27NO4/c1-14(19-11-10-18(25-4)13-20(19)26-5)12-21(23)22-15(2)16-6-8-17(24-3)9-7-16/h6-11,13-15H,12H2,1-5H3,(H,22,23). The van der Waals surface area contributed by atoms with Crippen LogP contribution in [0.5, 0.6) is 17.2 Å². The maximum atomic E-state index is 12.5. The van der Waals surface area contributed by atoms with Crippen LogP contribution in [0.15, 0.2) is 42.5 Å². The van der Waals surface area contributed by atoms with Crippen molar-refractivity contribution >= 4 is 5.91 Å². The van der Waals surface area contributed by atoms with Crippen LogP contribution in [0.3, 0.4) is 0 Å². The highest BCUT2D eigenvalue weighted by atomic mass is 16.5. The van der Waals surface area contributed by atoms with Gasteiger partial charge in [-0.15, -0.1) is 0 Å². The molecular weight excluding hydrogens is 330 g/mol. The van der Waals surface area contributed by atoms with E-state index in [1.807, 2.05) is 56.3 Å². The Balaban J connectivity index is 2.00. The van der Waals surface area contributed by atoms with Crippen LogP contribution < -0.4 is 19.5 Å². The maximum Gasteiger partial charge on any atom is 0.221 e. The summed E-state index contributed by atoms with van der Waals surface area (Å²) in [6, 6.07) is 13.3. The molecule has 0 saturated carbocycles. The van der Waals surface area contributed by atoms with Crippen LogP contribution in [-0.4, -0.2) is 27.2 Å². The van der Waals surface area contributed by atoms with Gasteiger partial charge in [-0.25, -0.2) is 0 Å². The number of benzene rings is 2. The average Bonchev–Trinajstić information content (AvgIpc) is 2.67. The van der Waals surface area contributed by atoms with Crippen LogP contribution in [0.4, 0.5) is 0 Å². The fourth-order valence-electron chi connectivity index (χ4n) is 2.89. The molecule has 2 rings (SSSR count). The first-order chi connectivity index (χ1) is 12.5. The van der Waals surface area contributed by atoms with Crippen molar-refractivity contribution in [3.63, 3.8) is 0 Å². The number of methoxy groups -OCH3 is 3. The lowest BCUT2D eigenvalue weighted by Gasteiger charge is -2.19. The summed E-state index contributed by atoms with van der Waals surface area (Å²) >= 11 is 0. The summed E-state index contributed by atoms with van der Waals surface area (Å²) in [7, 11) is 4.87. The lowest BCUT2D eigenvalue weighted by Crippen LogP contribution is -2.27. The fraction of sp³-hybridized carbons (Fsp3) is 0.381. The van der Waals surface area contributed by atoms with E-state index in [1.165, 1.54) is 0 Å². The normalized spacial score (nSPS) is 12.8. The Morgan fingerprint density at radius 1 is 0.923 bits per heavy atom. The number of rotatable bonds is 8. The van der Waals surface area contributed by atoms with Gasteiger partial charge < -0.3 is 19.5 Å². The summed E-state index contributed by atoms with van der Waals surface area (Å²) in [6.07, 6.45) is 0.378. The Kier molecular flexibility index (Phi) is 6.89. The third-order valence-corrected chi connectivity index (χ3v) is 4.46. The zero-order valence-electron chi connectivity index (χ0n) is 16.0. The predicted octanol–water partition coefficient (Wildman–Crippen LogP) is 4.08. The molecule has 1 N–H and O–H groups in total. The van der Waals surface area contributed by atoms with Gasteiger partial charge in [-0.3, -0.25) is 4.79 Å². The van der Waals surface area contributed by atoms with Gasteiger partial charge in [-0.1, -0.05) is 25.1 Å². The van der Waals surface area contributed by atoms with Gasteiger partial charge >= 0.3 is 0 Å². The SMILES string of the molecule is COc1ccc(C(C)NC(=O)CC(C)c2ccc(OC)cc2OC)cc1. The monoisotopic (exact) mass is 357 g/mol. The maximum absolute atomic E-state index is 12.5. The smallest absolute Gasteiger partial charge is 0.221 e. The topological polar surface area (TPSA) is 56.8 Å². The molecule has 2 atom stereocenters. The number of nitrogens with one attached hydrogen (secondary N) is 1. The molecular formula is C21H27NO4. The molecule has 140 valence electrons. The van der Waals surface area contributed by atoms with Crippen LogP contribution in [0, 0.1) is 0 Å². The van der Waals surface area contributed by atoms with Gasteiger partial charge in [-0.2, -0.15) is 0 Å². The minimum Gasteiger partial charge on any atom is -0.497 e. The summed E-state index contributed by atoms with van der Waals surface area (Å²) in [5.41, 5.74) is 2.02. The Morgan fingerprint density at radius 3 is 2.12 bits per heavy atom. The zero-order chi connectivity index (χ0) is 19.1. The van der Waals surface area contributed by atoms with Crippen molar-refractivity contribution in [2.24, 2.45) is 0 Å². The van der Waals surface area contributed by atoms with E-state index >= 15 is 0 Å². The largest absolute Gasteiger partial charge is 0.497 e. The highest BCUT2D eigenvalue weighted by Gasteiger charge is 2.18. The van der Waals surface area contributed by atoms with Crippen molar-refractivity contribution < 1.29 is 19.0 Å². The lowest BCUT2D eigenvalue weighted by molar-refractivity contribution is -0.122. The van der Waals surface area contributed by atoms with Gasteiger partial charge in [0.2, 0.25) is 5.91 Å². The number of amides is 1. The molecule has 0 aliphatic carbocycles. The first-order valence-corrected chi connectivity index (χ1v) is 8.63. The van der Waals surface area contributed by atoms with E-state index in [4.69, 9.17) is 14.2 Å². The summed E-state index contributed by atoms with van der Waals surface area (Å²) < 4.78 is 15.8. The molecule has 0 aliphatic rings. The van der Waals surface area contributed by atoms with Crippen molar-refractivity contribution in [2.45, 2.75) is 32.2 Å². The molecule has 0 heterocycles. The quantitative estimate of drug-likeness (QED) is 0.773. The van der Waals surface area contributed by atoms with Crippen molar-refractivity contribution in [2.75, 3.05) is 21.3 Å². The third-order valence-electron chi connectivity index (χ3n) is 4.46. The van der Waals surface area contributed by atoms with Crippen LogP contribution >= 0.6 is 0 Å². The first-order valence-electron chi connectivity index (χ1n) is 8.63. The molecule has 0 aromatic heterocycles. The van der Waals surface area contributed by atoms with Crippen molar-refractivity contribution in [3.8, 4) is 17.2 Å². The first kappa shape index (κ1) is 19.6. The lowest BCUT2D eigenvalue weighted by atomic mass is 9.96. The van der Waals surface area contributed by atoms with E-state index < -0.39 is 0 Å². The third kappa shape index (κ3) is 4.91. The number of hydrogen-bond donors (Lipinski definition) is 1. The Labute approximate surface area is 155 Å². The molecule has 0 bridgehead atoms. The minimum absolute atomic E-state index is 0.00121. The number of carbonyl (C=O) groups is 1. The van der Waals surface area contributed by atoms with Crippen LogP contribution in [0.1, 0.15) is 43.4 Å². The second-order valence-electron chi connectivity index (χ2n) is 6.28. The Morgan fingerprint density at radius 2 is 1.54 bits per heavy atom. The molecule has 2 unspecified atom stereocenters. The van der Waals surface area contributed by atoms with Gasteiger partial charge in [0.25, 0.3) is 0 Å². The van der Waals surface area contributed by atoms with Crippen LogP contribution in [0.25, 0.3) is 0 Å². The van der Waals surface area contributed by atoms with Gasteiger partial charge in [0.05, 0.1) is 27.4 Å². The summed E-state index contributed by atoms with van der Waals surface area (Å²) in [4.78, 5) is 12.5. The minimum atomic E-state index is -0.0710. The molecule has 0 aliphatic heterocycles. The van der Waals surface area contributed by atoms with Crippen molar-refractivity contribution in [1.82, 2.24) is 5.32 Å². The van der Waals surface area contributed by atoms with Gasteiger partial charge in [0.1, 0.15) is 17.2 Å². The van der Waals surface area contributed by atoms with Gasteiger partial charge in [-0.05, 0) is 42.2 Å². The summed E-state index contributed by atoms with van der Waals surface area (Å²) in [5, 5.41) is 3.05. The molecule has 26 heavy (non-hydrogen) atoms. The van der Waals surface area contributed by atoms with E-state index in [1.54, 1.807) is 21.3 Å². The number of ether oxygens (including phenoxy) is 3. The van der Waals surface area contributed by atoms with Crippen molar-refractivity contribution in [3.05, 3.63) is 53.6 Å². The fourth-order valence-corrected chi connectivity index (χ4v) is 2.89. The van der Waals surface area contributed by atoms with E-state index in [0.29, 0.717) is 6.42 Å². The van der Waals surface area contributed by atoms with E-state index in [0.717, 1.165) is 28.4 Å². The second-order valence-corrected chi connectivity index (χ2v) is 6.28. The predicted molar refractivity (Wildman–Crippen MR) is 102 cm³/mol. The Hall–Kier alpha value is -2.69. The zero-order valence-corrected chi connectivity index (χ0v) is 16.0. The van der Waals surface area contributed by atoms with Crippen LogP contribution in [-0.2, 0) is 4.79 Å². The molecule has 0 spiro atoms. The molecule has 2 aromatic carbocycles. The Bertz CT molecular complexity index is 727. The van der Waals surface area contributed by atoms with Crippen molar-refractivity contribution in [1.29, 1.82) is 0 Å². The molecule has 2 aromatic rings. The molecule has 0 radical (unpaired) electrons. The van der Waals surface area contributed by atoms with E-state index in [9.17, 15) is 4.79 Å².